The molecule has 162 valence electrons. The molecule has 2 N–H and O–H groups in total. The van der Waals surface area contributed by atoms with Gasteiger partial charge in [-0.15, -0.1) is 0 Å². The third-order valence-electron chi connectivity index (χ3n) is 4.44. The Labute approximate surface area is 171 Å². The first-order chi connectivity index (χ1) is 14.1. The summed E-state index contributed by atoms with van der Waals surface area (Å²) in [5.74, 6) is -1.15. The van der Waals surface area contributed by atoms with E-state index < -0.39 is 29.7 Å². The molecule has 0 saturated heterocycles. The fourth-order valence-electron chi connectivity index (χ4n) is 2.85. The van der Waals surface area contributed by atoms with Crippen LogP contribution in [-0.4, -0.2) is 37.3 Å². The first-order valence-electron chi connectivity index (χ1n) is 9.00. The Kier molecular flexibility index (Phi) is 7.82. The summed E-state index contributed by atoms with van der Waals surface area (Å²) in [6.45, 7) is 0.0318. The minimum atomic E-state index is -4.42. The first kappa shape index (κ1) is 23.2. The number of amides is 1. The molecule has 0 saturated carbocycles. The third kappa shape index (κ3) is 6.48. The SMILES string of the molecule is COc1ccc(CC(CC(=O)O)OC)cc1C(=O)NCc1ccc(C(F)(F)F)cc1. The van der Waals surface area contributed by atoms with E-state index in [9.17, 15) is 22.8 Å². The van der Waals surface area contributed by atoms with Gasteiger partial charge >= 0.3 is 12.1 Å². The number of benzene rings is 2. The maximum absolute atomic E-state index is 12.6. The van der Waals surface area contributed by atoms with Crippen LogP contribution in [0.3, 0.4) is 0 Å². The van der Waals surface area contributed by atoms with Gasteiger partial charge in [0.15, 0.2) is 0 Å². The molecule has 2 aromatic rings. The Morgan fingerprint density at radius 1 is 1.07 bits per heavy atom. The van der Waals surface area contributed by atoms with Gasteiger partial charge in [0.05, 0.1) is 30.8 Å². The second-order valence-corrected chi connectivity index (χ2v) is 6.57. The lowest BCUT2D eigenvalue weighted by Gasteiger charge is -2.15. The summed E-state index contributed by atoms with van der Waals surface area (Å²) in [5.41, 5.74) is 0.657. The molecule has 1 unspecified atom stereocenters. The van der Waals surface area contributed by atoms with E-state index in [2.05, 4.69) is 5.32 Å². The molecule has 0 aliphatic heterocycles. The van der Waals surface area contributed by atoms with Crippen LogP contribution >= 0.6 is 0 Å². The fraction of sp³-hybridized carbons (Fsp3) is 0.333. The van der Waals surface area contributed by atoms with E-state index in [4.69, 9.17) is 14.6 Å². The molecule has 0 radical (unpaired) electrons. The molecule has 1 amide bonds. The molecular formula is C21H22F3NO5. The second-order valence-electron chi connectivity index (χ2n) is 6.57. The smallest absolute Gasteiger partial charge is 0.416 e. The molecule has 9 heteroatoms. The summed E-state index contributed by atoms with van der Waals surface area (Å²) in [6.07, 6.45) is -4.88. The number of carbonyl (C=O) groups is 2. The van der Waals surface area contributed by atoms with Gasteiger partial charge in [-0.05, 0) is 41.8 Å². The van der Waals surface area contributed by atoms with Crippen LogP contribution in [0.4, 0.5) is 13.2 Å². The lowest BCUT2D eigenvalue weighted by molar-refractivity contribution is -0.140. The number of alkyl halides is 3. The van der Waals surface area contributed by atoms with Crippen molar-refractivity contribution >= 4 is 11.9 Å². The number of carboxylic acid groups (broad SMARTS) is 1. The number of nitrogens with one attached hydrogen (secondary N) is 1. The number of carboxylic acids is 1. The van der Waals surface area contributed by atoms with Gasteiger partial charge in [-0.1, -0.05) is 18.2 Å². The number of methoxy groups -OCH3 is 2. The Hall–Kier alpha value is -3.07. The Morgan fingerprint density at radius 2 is 1.70 bits per heavy atom. The van der Waals surface area contributed by atoms with Gasteiger partial charge in [-0.25, -0.2) is 0 Å². The number of hydrogen-bond donors (Lipinski definition) is 2. The number of halogens is 3. The van der Waals surface area contributed by atoms with Gasteiger partial charge in [-0.2, -0.15) is 13.2 Å². The molecule has 0 aliphatic carbocycles. The molecule has 30 heavy (non-hydrogen) atoms. The van der Waals surface area contributed by atoms with Crippen LogP contribution < -0.4 is 10.1 Å². The van der Waals surface area contributed by atoms with Gasteiger partial charge in [0.25, 0.3) is 5.91 Å². The Balaban J connectivity index is 2.10. The molecule has 1 atom stereocenters. The second kappa shape index (κ2) is 10.1. The molecule has 6 nitrogen and oxygen atoms in total. The molecule has 2 aromatic carbocycles. The molecule has 0 fully saturated rings. The van der Waals surface area contributed by atoms with Crippen molar-refractivity contribution in [2.75, 3.05) is 14.2 Å². The zero-order valence-corrected chi connectivity index (χ0v) is 16.5. The molecule has 0 aliphatic rings. The standard InChI is InChI=1S/C21H22F3NO5/c1-29-16(11-19(26)27)9-14-5-8-18(30-2)17(10-14)20(28)25-12-13-3-6-15(7-4-13)21(22,23)24/h3-8,10,16H,9,11-12H2,1-2H3,(H,25,28)(H,26,27). The Bertz CT molecular complexity index is 881. The van der Waals surface area contributed by atoms with E-state index in [-0.39, 0.29) is 24.9 Å². The van der Waals surface area contributed by atoms with E-state index in [1.54, 1.807) is 18.2 Å². The van der Waals surface area contributed by atoms with Gasteiger partial charge in [0.2, 0.25) is 0 Å². The zero-order valence-electron chi connectivity index (χ0n) is 16.5. The van der Waals surface area contributed by atoms with Crippen molar-refractivity contribution in [3.63, 3.8) is 0 Å². The van der Waals surface area contributed by atoms with Gasteiger partial charge < -0.3 is 19.9 Å². The topological polar surface area (TPSA) is 84.9 Å². The number of hydrogen-bond acceptors (Lipinski definition) is 4. The minimum absolute atomic E-state index is 0.0318. The first-order valence-corrected chi connectivity index (χ1v) is 9.00. The van der Waals surface area contributed by atoms with Crippen LogP contribution in [0, 0.1) is 0 Å². The highest BCUT2D eigenvalue weighted by atomic mass is 19.4. The lowest BCUT2D eigenvalue weighted by Crippen LogP contribution is -2.24. The van der Waals surface area contributed by atoms with Crippen molar-refractivity contribution in [3.8, 4) is 5.75 Å². The van der Waals surface area contributed by atoms with E-state index in [1.807, 2.05) is 0 Å². The van der Waals surface area contributed by atoms with Gasteiger partial charge in [0, 0.05) is 13.7 Å². The monoisotopic (exact) mass is 425 g/mol. The average molecular weight is 425 g/mol. The van der Waals surface area contributed by atoms with Crippen molar-refractivity contribution in [1.29, 1.82) is 0 Å². The number of aliphatic carboxylic acids is 1. The Morgan fingerprint density at radius 3 is 2.23 bits per heavy atom. The average Bonchev–Trinajstić information content (AvgIpc) is 2.70. The summed E-state index contributed by atoms with van der Waals surface area (Å²) in [6, 6.07) is 9.38. The van der Waals surface area contributed by atoms with Crippen molar-refractivity contribution < 1.29 is 37.3 Å². The van der Waals surface area contributed by atoms with Gasteiger partial charge in [0.1, 0.15) is 5.75 Å². The third-order valence-corrected chi connectivity index (χ3v) is 4.44. The summed E-state index contributed by atoms with van der Waals surface area (Å²) < 4.78 is 48.3. The molecule has 0 bridgehead atoms. The van der Waals surface area contributed by atoms with E-state index >= 15 is 0 Å². The lowest BCUT2D eigenvalue weighted by atomic mass is 10.0. The van der Waals surface area contributed by atoms with Crippen molar-refractivity contribution in [2.45, 2.75) is 31.7 Å². The summed E-state index contributed by atoms with van der Waals surface area (Å²) in [5, 5.41) is 11.6. The maximum atomic E-state index is 12.6. The van der Waals surface area contributed by atoms with E-state index in [1.165, 1.54) is 26.4 Å². The fourth-order valence-corrected chi connectivity index (χ4v) is 2.85. The normalized spacial score (nSPS) is 12.3. The van der Waals surface area contributed by atoms with Crippen LogP contribution in [0.25, 0.3) is 0 Å². The van der Waals surface area contributed by atoms with E-state index in [0.29, 0.717) is 16.9 Å². The maximum Gasteiger partial charge on any atom is 0.416 e. The van der Waals surface area contributed by atoms with Crippen molar-refractivity contribution in [3.05, 3.63) is 64.7 Å². The van der Waals surface area contributed by atoms with Crippen LogP contribution in [-0.2, 0) is 28.7 Å². The van der Waals surface area contributed by atoms with Gasteiger partial charge in [-0.3, -0.25) is 9.59 Å². The molecular weight excluding hydrogens is 403 g/mol. The van der Waals surface area contributed by atoms with Crippen LogP contribution in [0.15, 0.2) is 42.5 Å². The van der Waals surface area contributed by atoms with Crippen LogP contribution in [0.1, 0.15) is 33.5 Å². The largest absolute Gasteiger partial charge is 0.496 e. The highest BCUT2D eigenvalue weighted by molar-refractivity contribution is 5.97. The highest BCUT2D eigenvalue weighted by Gasteiger charge is 2.29. The zero-order chi connectivity index (χ0) is 22.3. The van der Waals surface area contributed by atoms with E-state index in [0.717, 1.165) is 12.1 Å². The highest BCUT2D eigenvalue weighted by Crippen LogP contribution is 2.29. The molecule has 2 rings (SSSR count). The summed E-state index contributed by atoms with van der Waals surface area (Å²) >= 11 is 0. The molecule has 0 aromatic heterocycles. The summed E-state index contributed by atoms with van der Waals surface area (Å²) in [7, 11) is 2.82. The number of ether oxygens (including phenoxy) is 2. The van der Waals surface area contributed by atoms with Crippen molar-refractivity contribution in [2.24, 2.45) is 0 Å². The number of carbonyl (C=O) groups excluding carboxylic acids is 1. The summed E-state index contributed by atoms with van der Waals surface area (Å²) in [4.78, 5) is 23.5. The molecule has 0 heterocycles. The number of rotatable bonds is 9. The quantitative estimate of drug-likeness (QED) is 0.640. The van der Waals surface area contributed by atoms with Crippen LogP contribution in [0.5, 0.6) is 5.75 Å². The predicted molar refractivity (Wildman–Crippen MR) is 102 cm³/mol. The molecule has 0 spiro atoms. The minimum Gasteiger partial charge on any atom is -0.496 e. The van der Waals surface area contributed by atoms with Crippen LogP contribution in [0.2, 0.25) is 0 Å². The van der Waals surface area contributed by atoms with Crippen molar-refractivity contribution in [1.82, 2.24) is 5.32 Å². The predicted octanol–water partition coefficient (Wildman–Crippen LogP) is 3.68.